The first-order valence-corrected chi connectivity index (χ1v) is 6.68. The molecule has 0 amide bonds. The first-order chi connectivity index (χ1) is 9.56. The Morgan fingerprint density at radius 3 is 1.60 bits per heavy atom. The minimum Gasteiger partial charge on any atom is -0.508 e. The Kier molecular flexibility index (Phi) is 8.60. The van der Waals surface area contributed by atoms with Gasteiger partial charge in [0.25, 0.3) is 0 Å². The molecule has 0 spiro atoms. The molecule has 0 heterocycles. The topological polar surface area (TPSA) is 107 Å². The fourth-order valence-electron chi connectivity index (χ4n) is 1.07. The van der Waals surface area contributed by atoms with E-state index in [1.165, 1.54) is 12.1 Å². The van der Waals surface area contributed by atoms with Crippen LogP contribution in [0.2, 0.25) is 0 Å². The summed E-state index contributed by atoms with van der Waals surface area (Å²) in [5.74, 6) is 4.87. The van der Waals surface area contributed by atoms with Gasteiger partial charge in [0, 0.05) is 0 Å². The smallest absolute Gasteiger partial charge is 0.312 e. The van der Waals surface area contributed by atoms with Crippen molar-refractivity contribution in [1.82, 2.24) is 0 Å². The van der Waals surface area contributed by atoms with E-state index in [0.29, 0.717) is 5.75 Å². The highest BCUT2D eigenvalue weighted by atomic mass is 32.2. The van der Waals surface area contributed by atoms with Gasteiger partial charge in [0.05, 0.1) is 4.90 Å². The van der Waals surface area contributed by atoms with Gasteiger partial charge in [-0.1, -0.05) is 36.4 Å². The molecule has 0 aliphatic heterocycles. The highest BCUT2D eigenvalue weighted by molar-refractivity contribution is 7.86. The van der Waals surface area contributed by atoms with E-state index in [1.54, 1.807) is 42.5 Å². The van der Waals surface area contributed by atoms with E-state index in [1.807, 2.05) is 12.9 Å². The number of carbonyl (C=O) groups excluding carboxylic acids is 1. The Morgan fingerprint density at radius 1 is 0.900 bits per heavy atom. The predicted molar refractivity (Wildman–Crippen MR) is 74.1 cm³/mol. The van der Waals surface area contributed by atoms with E-state index in [4.69, 9.17) is 9.90 Å². The van der Waals surface area contributed by atoms with Crippen LogP contribution in [0.25, 0.3) is 0 Å². The van der Waals surface area contributed by atoms with Crippen LogP contribution in [0.3, 0.4) is 0 Å². The van der Waals surface area contributed by atoms with E-state index in [9.17, 15) is 8.42 Å². The Morgan fingerprint density at radius 2 is 1.30 bits per heavy atom. The molecule has 0 aliphatic carbocycles. The molecule has 0 radical (unpaired) electrons. The Labute approximate surface area is 117 Å². The molecule has 0 aromatic heterocycles. The molecule has 7 heteroatoms. The van der Waals surface area contributed by atoms with Crippen LogP contribution in [-0.4, -0.2) is 20.3 Å². The van der Waals surface area contributed by atoms with Crippen LogP contribution in [-0.2, 0) is 19.2 Å². The van der Waals surface area contributed by atoms with Crippen LogP contribution in [0.1, 0.15) is 0 Å². The van der Waals surface area contributed by atoms with Gasteiger partial charge in [0.15, 0.2) is 0 Å². The Balaban J connectivity index is 0.000000345. The third-order valence-corrected chi connectivity index (χ3v) is 3.02. The minimum absolute atomic E-state index is 0.0579. The lowest BCUT2D eigenvalue weighted by Crippen LogP contribution is -2.10. The van der Waals surface area contributed by atoms with Gasteiger partial charge in [0.2, 0.25) is 0 Å². The van der Waals surface area contributed by atoms with Crippen molar-refractivity contribution >= 4 is 16.9 Å². The first-order valence-electron chi connectivity index (χ1n) is 5.27. The molecule has 0 bridgehead atoms. The zero-order valence-corrected chi connectivity index (χ0v) is 11.4. The zero-order valence-electron chi connectivity index (χ0n) is 10.5. The molecular formula is C13H15NO5S. The number of rotatable bonds is 2. The maximum atomic E-state index is 10.9. The maximum absolute atomic E-state index is 10.9. The Bertz CT molecular complexity index is 572. The first kappa shape index (κ1) is 17.8. The number of hydrogen-bond acceptors (Lipinski definition) is 6. The lowest BCUT2D eigenvalue weighted by atomic mass is 10.3. The molecule has 2 aromatic carbocycles. The summed E-state index contributed by atoms with van der Waals surface area (Å²) in [7, 11) is -3.72. The van der Waals surface area contributed by atoms with Gasteiger partial charge >= 0.3 is 10.1 Å². The predicted octanol–water partition coefficient (Wildman–Crippen LogP) is 1.47. The molecule has 2 aromatic rings. The largest absolute Gasteiger partial charge is 0.508 e. The van der Waals surface area contributed by atoms with E-state index in [2.05, 4.69) is 10.2 Å². The van der Waals surface area contributed by atoms with Crippen LogP contribution in [0, 0.1) is 0 Å². The second-order valence-corrected chi connectivity index (χ2v) is 4.77. The van der Waals surface area contributed by atoms with E-state index in [0.717, 1.165) is 0 Å². The van der Waals surface area contributed by atoms with Crippen LogP contribution in [0.4, 0.5) is 0 Å². The van der Waals surface area contributed by atoms with Gasteiger partial charge < -0.3 is 9.90 Å². The van der Waals surface area contributed by atoms with Crippen LogP contribution >= 0.6 is 0 Å². The number of hydrogen-bond donors (Lipinski definition) is 2. The van der Waals surface area contributed by atoms with E-state index < -0.39 is 10.1 Å². The van der Waals surface area contributed by atoms with Crippen molar-refractivity contribution in [3.8, 4) is 5.75 Å². The summed E-state index contributed by atoms with van der Waals surface area (Å²) in [6.45, 7) is 2.00. The van der Waals surface area contributed by atoms with Crippen molar-refractivity contribution < 1.29 is 22.6 Å². The molecule has 0 aliphatic rings. The van der Waals surface area contributed by atoms with Gasteiger partial charge in [-0.25, -0.2) is 0 Å². The van der Waals surface area contributed by atoms with Gasteiger partial charge in [-0.05, 0) is 24.3 Å². The van der Waals surface area contributed by atoms with Crippen LogP contribution < -0.4 is 5.90 Å². The second kappa shape index (κ2) is 9.68. The molecule has 0 unspecified atom stereocenters. The molecule has 0 saturated carbocycles. The average molecular weight is 297 g/mol. The number of nitrogens with two attached hydrogens (primary N) is 1. The SMILES string of the molecule is C=O.NOS(=O)(=O)c1ccccc1.Oc1ccccc1. The standard InChI is InChI=1S/C6H7NO3S.C6H6O.CH2O/c7-10-11(8,9)6-4-2-1-3-5-6;7-6-4-2-1-3-5-6;1-2/h1-5H,7H2;1-5,7H;1H2. The molecule has 2 rings (SSSR count). The number of phenolic OH excluding ortho intramolecular Hbond substituents is 1. The van der Waals surface area contributed by atoms with E-state index >= 15 is 0 Å². The molecule has 20 heavy (non-hydrogen) atoms. The summed E-state index contributed by atoms with van der Waals surface area (Å²) in [5.41, 5.74) is 0. The molecule has 6 nitrogen and oxygen atoms in total. The molecule has 3 N–H and O–H groups in total. The van der Waals surface area contributed by atoms with Crippen LogP contribution in [0.15, 0.2) is 65.6 Å². The lowest BCUT2D eigenvalue weighted by molar-refractivity contribution is -0.0979. The van der Waals surface area contributed by atoms with Crippen molar-refractivity contribution in [2.75, 3.05) is 0 Å². The van der Waals surface area contributed by atoms with Crippen molar-refractivity contribution in [1.29, 1.82) is 0 Å². The van der Waals surface area contributed by atoms with Crippen molar-refractivity contribution in [2.24, 2.45) is 5.90 Å². The average Bonchev–Trinajstić information content (AvgIpc) is 2.51. The fraction of sp³-hybridized carbons (Fsp3) is 0. The van der Waals surface area contributed by atoms with Gasteiger partial charge in [-0.2, -0.15) is 18.6 Å². The third-order valence-electron chi connectivity index (χ3n) is 1.91. The van der Waals surface area contributed by atoms with Gasteiger partial charge in [-0.3, -0.25) is 0 Å². The van der Waals surface area contributed by atoms with Crippen molar-refractivity contribution in [3.05, 3.63) is 60.7 Å². The quantitative estimate of drug-likeness (QED) is 0.813. The molecule has 0 atom stereocenters. The summed E-state index contributed by atoms with van der Waals surface area (Å²) in [4.78, 5) is 8.06. The number of carbonyl (C=O) groups is 1. The Hall–Kier alpha value is -2.22. The van der Waals surface area contributed by atoms with Crippen molar-refractivity contribution in [2.45, 2.75) is 4.90 Å². The van der Waals surface area contributed by atoms with E-state index in [-0.39, 0.29) is 4.90 Å². The highest BCUT2D eigenvalue weighted by Gasteiger charge is 2.11. The summed E-state index contributed by atoms with van der Waals surface area (Å²) < 4.78 is 25.5. The fourth-order valence-corrected chi connectivity index (χ4v) is 1.67. The highest BCUT2D eigenvalue weighted by Crippen LogP contribution is 2.08. The monoisotopic (exact) mass is 297 g/mol. The molecule has 0 fully saturated rings. The van der Waals surface area contributed by atoms with Gasteiger partial charge in [0.1, 0.15) is 12.5 Å². The van der Waals surface area contributed by atoms with Crippen LogP contribution in [0.5, 0.6) is 5.75 Å². The third kappa shape index (κ3) is 6.64. The summed E-state index contributed by atoms with van der Waals surface area (Å²) in [6, 6.07) is 16.4. The van der Waals surface area contributed by atoms with Crippen molar-refractivity contribution in [3.63, 3.8) is 0 Å². The minimum atomic E-state index is -3.72. The number of aromatic hydroxyl groups is 1. The maximum Gasteiger partial charge on any atom is 0.312 e. The second-order valence-electron chi connectivity index (χ2n) is 3.20. The summed E-state index contributed by atoms with van der Waals surface area (Å²) in [6.07, 6.45) is 0. The molecule has 0 saturated heterocycles. The number of phenols is 1. The number of para-hydroxylation sites is 1. The lowest BCUT2D eigenvalue weighted by Gasteiger charge is -1.97. The zero-order chi connectivity index (χ0) is 15.4. The normalized spacial score (nSPS) is 9.45. The molecule has 108 valence electrons. The van der Waals surface area contributed by atoms with Gasteiger partial charge in [-0.15, -0.1) is 0 Å². The number of benzene rings is 2. The summed E-state index contributed by atoms with van der Waals surface area (Å²) >= 11 is 0. The summed E-state index contributed by atoms with van der Waals surface area (Å²) in [5, 5.41) is 8.63. The molecular weight excluding hydrogens is 282 g/mol.